The van der Waals surface area contributed by atoms with Gasteiger partial charge in [0, 0.05) is 5.92 Å². The molecule has 0 aliphatic carbocycles. The van der Waals surface area contributed by atoms with E-state index < -0.39 is 0 Å². The quantitative estimate of drug-likeness (QED) is 0.611. The number of methoxy groups -OCH3 is 1. The second kappa shape index (κ2) is 8.28. The third kappa shape index (κ3) is 4.38. The molecule has 2 aromatic heterocycles. The molecular formula is C16H17N5O3S2. The van der Waals surface area contributed by atoms with Crippen molar-refractivity contribution < 1.29 is 13.9 Å². The fourth-order valence-electron chi connectivity index (χ4n) is 2.00. The first-order chi connectivity index (χ1) is 12.6. The fourth-order valence-corrected chi connectivity index (χ4v) is 3.32. The first-order valence-corrected chi connectivity index (χ1v) is 9.60. The van der Waals surface area contributed by atoms with E-state index in [0.717, 1.165) is 16.8 Å². The molecule has 8 nitrogen and oxygen atoms in total. The van der Waals surface area contributed by atoms with Gasteiger partial charge in [-0.1, -0.05) is 49.1 Å². The van der Waals surface area contributed by atoms with Gasteiger partial charge < -0.3 is 9.15 Å². The molecule has 2 heterocycles. The molecule has 0 aliphatic rings. The summed E-state index contributed by atoms with van der Waals surface area (Å²) in [4.78, 5) is 12.0. The third-order valence-electron chi connectivity index (χ3n) is 3.25. The van der Waals surface area contributed by atoms with Gasteiger partial charge >= 0.3 is 0 Å². The minimum atomic E-state index is -0.210. The van der Waals surface area contributed by atoms with Gasteiger partial charge in [-0.15, -0.1) is 20.4 Å². The van der Waals surface area contributed by atoms with Crippen LogP contribution in [0.25, 0.3) is 11.5 Å². The molecule has 1 N–H and O–H groups in total. The summed E-state index contributed by atoms with van der Waals surface area (Å²) in [5.41, 5.74) is 0.703. The summed E-state index contributed by atoms with van der Waals surface area (Å²) in [7, 11) is 1.58. The standard InChI is InChI=1S/C16H17N5O3S2/c1-9(2)14-19-20-15(26-14)17-12(22)8-25-16-21-18-13(24-16)10-6-4-5-7-11(10)23-3/h4-7,9H,8H2,1-3H3,(H,17,20,22). The SMILES string of the molecule is COc1ccccc1-c1nnc(SCC(=O)Nc2nnc(C(C)C)s2)o1. The van der Waals surface area contributed by atoms with Crippen molar-refractivity contribution in [2.45, 2.75) is 25.0 Å². The lowest BCUT2D eigenvalue weighted by atomic mass is 10.2. The van der Waals surface area contributed by atoms with Gasteiger partial charge in [0.1, 0.15) is 10.8 Å². The van der Waals surface area contributed by atoms with Crippen molar-refractivity contribution in [1.29, 1.82) is 0 Å². The van der Waals surface area contributed by atoms with Crippen molar-refractivity contribution in [2.24, 2.45) is 0 Å². The van der Waals surface area contributed by atoms with E-state index in [1.165, 1.54) is 11.3 Å². The van der Waals surface area contributed by atoms with Gasteiger partial charge in [-0.05, 0) is 12.1 Å². The summed E-state index contributed by atoms with van der Waals surface area (Å²) in [6.07, 6.45) is 0. The molecule has 0 aliphatic heterocycles. The van der Waals surface area contributed by atoms with E-state index in [0.29, 0.717) is 27.6 Å². The zero-order valence-electron chi connectivity index (χ0n) is 14.4. The highest BCUT2D eigenvalue weighted by molar-refractivity contribution is 7.99. The molecule has 10 heteroatoms. The molecule has 0 atom stereocenters. The number of carbonyl (C=O) groups excluding carboxylic acids is 1. The first-order valence-electron chi connectivity index (χ1n) is 7.79. The molecule has 0 saturated heterocycles. The molecule has 26 heavy (non-hydrogen) atoms. The van der Waals surface area contributed by atoms with Crippen LogP contribution in [0.2, 0.25) is 0 Å². The molecule has 1 amide bonds. The summed E-state index contributed by atoms with van der Waals surface area (Å²) in [6.45, 7) is 4.05. The van der Waals surface area contributed by atoms with Crippen LogP contribution >= 0.6 is 23.1 Å². The number of anilines is 1. The van der Waals surface area contributed by atoms with E-state index in [4.69, 9.17) is 9.15 Å². The fraction of sp³-hybridized carbons (Fsp3) is 0.312. The lowest BCUT2D eigenvalue weighted by Crippen LogP contribution is -2.13. The van der Waals surface area contributed by atoms with E-state index >= 15 is 0 Å². The Bertz CT molecular complexity index is 893. The van der Waals surface area contributed by atoms with E-state index in [1.807, 2.05) is 38.1 Å². The van der Waals surface area contributed by atoms with Crippen LogP contribution in [-0.4, -0.2) is 39.2 Å². The Balaban J connectivity index is 1.58. The number of hydrogen-bond acceptors (Lipinski definition) is 9. The normalized spacial score (nSPS) is 10.9. The van der Waals surface area contributed by atoms with Crippen molar-refractivity contribution in [3.05, 3.63) is 29.3 Å². The highest BCUT2D eigenvalue weighted by Crippen LogP contribution is 2.30. The van der Waals surface area contributed by atoms with Crippen LogP contribution in [-0.2, 0) is 4.79 Å². The Morgan fingerprint density at radius 2 is 2.08 bits per heavy atom. The van der Waals surface area contributed by atoms with E-state index in [9.17, 15) is 4.79 Å². The van der Waals surface area contributed by atoms with Crippen LogP contribution in [0, 0.1) is 0 Å². The van der Waals surface area contributed by atoms with Crippen LogP contribution in [0.15, 0.2) is 33.9 Å². The Kier molecular flexibility index (Phi) is 5.84. The minimum Gasteiger partial charge on any atom is -0.496 e. The number of rotatable bonds is 7. The molecule has 0 fully saturated rings. The average Bonchev–Trinajstić information content (AvgIpc) is 3.29. The van der Waals surface area contributed by atoms with Crippen LogP contribution in [0.3, 0.4) is 0 Å². The van der Waals surface area contributed by atoms with Crippen molar-refractivity contribution in [3.63, 3.8) is 0 Å². The molecule has 0 saturated carbocycles. The molecule has 0 spiro atoms. The van der Waals surface area contributed by atoms with Gasteiger partial charge in [0.05, 0.1) is 18.4 Å². The predicted molar refractivity (Wildman–Crippen MR) is 99.6 cm³/mol. The molecule has 3 aromatic rings. The lowest BCUT2D eigenvalue weighted by Gasteiger charge is -2.03. The maximum absolute atomic E-state index is 12.0. The number of thioether (sulfide) groups is 1. The second-order valence-corrected chi connectivity index (χ2v) is 7.45. The molecule has 3 rings (SSSR count). The average molecular weight is 391 g/mol. The summed E-state index contributed by atoms with van der Waals surface area (Å²) in [5, 5.41) is 20.4. The van der Waals surface area contributed by atoms with Crippen molar-refractivity contribution in [3.8, 4) is 17.2 Å². The van der Waals surface area contributed by atoms with Gasteiger partial charge in [0.2, 0.25) is 11.0 Å². The number of para-hydroxylation sites is 1. The molecule has 136 valence electrons. The van der Waals surface area contributed by atoms with Gasteiger partial charge in [-0.3, -0.25) is 10.1 Å². The Labute approximate surface area is 158 Å². The number of nitrogens with one attached hydrogen (secondary N) is 1. The monoisotopic (exact) mass is 391 g/mol. The molecular weight excluding hydrogens is 374 g/mol. The maximum atomic E-state index is 12.0. The third-order valence-corrected chi connectivity index (χ3v) is 5.21. The van der Waals surface area contributed by atoms with Crippen molar-refractivity contribution >= 4 is 34.1 Å². The number of benzene rings is 1. The minimum absolute atomic E-state index is 0.129. The highest BCUT2D eigenvalue weighted by atomic mass is 32.2. The van der Waals surface area contributed by atoms with E-state index in [1.54, 1.807) is 7.11 Å². The first kappa shape index (κ1) is 18.3. The smallest absolute Gasteiger partial charge is 0.277 e. The number of nitrogens with zero attached hydrogens (tertiary/aromatic N) is 4. The predicted octanol–water partition coefficient (Wildman–Crippen LogP) is 3.45. The van der Waals surface area contributed by atoms with Gasteiger partial charge in [-0.2, -0.15) is 0 Å². The van der Waals surface area contributed by atoms with Crippen LogP contribution in [0.1, 0.15) is 24.8 Å². The zero-order valence-corrected chi connectivity index (χ0v) is 16.1. The van der Waals surface area contributed by atoms with Crippen LogP contribution in [0.4, 0.5) is 5.13 Å². The summed E-state index contributed by atoms with van der Waals surface area (Å²) in [5.74, 6) is 1.18. The zero-order chi connectivity index (χ0) is 18.5. The summed E-state index contributed by atoms with van der Waals surface area (Å²) in [6, 6.07) is 7.36. The number of ether oxygens (including phenoxy) is 1. The number of amides is 1. The Morgan fingerprint density at radius 1 is 1.27 bits per heavy atom. The lowest BCUT2D eigenvalue weighted by molar-refractivity contribution is -0.113. The number of aromatic nitrogens is 4. The Hall–Kier alpha value is -2.46. The van der Waals surface area contributed by atoms with Crippen molar-refractivity contribution in [2.75, 3.05) is 18.2 Å². The second-order valence-electron chi connectivity index (χ2n) is 5.51. The highest BCUT2D eigenvalue weighted by Gasteiger charge is 2.15. The van der Waals surface area contributed by atoms with Crippen LogP contribution < -0.4 is 10.1 Å². The van der Waals surface area contributed by atoms with Gasteiger partial charge in [0.15, 0.2) is 0 Å². The van der Waals surface area contributed by atoms with Crippen molar-refractivity contribution in [1.82, 2.24) is 20.4 Å². The molecule has 0 radical (unpaired) electrons. The summed E-state index contributed by atoms with van der Waals surface area (Å²) >= 11 is 2.52. The molecule has 0 unspecified atom stereocenters. The maximum Gasteiger partial charge on any atom is 0.277 e. The Morgan fingerprint density at radius 3 is 2.81 bits per heavy atom. The molecule has 0 bridgehead atoms. The summed E-state index contributed by atoms with van der Waals surface area (Å²) < 4.78 is 10.9. The number of carbonyl (C=O) groups is 1. The largest absolute Gasteiger partial charge is 0.496 e. The topological polar surface area (TPSA) is 103 Å². The van der Waals surface area contributed by atoms with Crippen LogP contribution in [0.5, 0.6) is 5.75 Å². The number of hydrogen-bond donors (Lipinski definition) is 1. The van der Waals surface area contributed by atoms with E-state index in [-0.39, 0.29) is 17.6 Å². The van der Waals surface area contributed by atoms with Gasteiger partial charge in [0.25, 0.3) is 11.1 Å². The van der Waals surface area contributed by atoms with E-state index in [2.05, 4.69) is 25.7 Å². The molecule has 1 aromatic carbocycles. The van der Waals surface area contributed by atoms with Gasteiger partial charge in [-0.25, -0.2) is 0 Å².